The Morgan fingerprint density at radius 2 is 1.89 bits per heavy atom. The van der Waals surface area contributed by atoms with E-state index in [2.05, 4.69) is 32.2 Å². The summed E-state index contributed by atoms with van der Waals surface area (Å²) >= 11 is 0. The van der Waals surface area contributed by atoms with Gasteiger partial charge in [-0.05, 0) is 62.7 Å². The number of rotatable bonds is 6. The first kappa shape index (κ1) is 18.4. The van der Waals surface area contributed by atoms with Gasteiger partial charge in [0.25, 0.3) is 0 Å². The third kappa shape index (κ3) is 4.31. The van der Waals surface area contributed by atoms with Crippen LogP contribution in [0.5, 0.6) is 5.88 Å². The van der Waals surface area contributed by atoms with E-state index < -0.39 is 0 Å². The average Bonchev–Trinajstić information content (AvgIpc) is 2.72. The van der Waals surface area contributed by atoms with Gasteiger partial charge in [0.2, 0.25) is 5.88 Å². The molecule has 0 aromatic carbocycles. The molecule has 0 atom stereocenters. The average molecular weight is 378 g/mol. The molecule has 3 N–H and O–H groups in total. The molecule has 4 heterocycles. The zero-order valence-electron chi connectivity index (χ0n) is 16.1. The van der Waals surface area contributed by atoms with Gasteiger partial charge in [-0.15, -0.1) is 0 Å². The summed E-state index contributed by atoms with van der Waals surface area (Å²) in [6, 6.07) is 7.86. The normalized spacial score (nSPS) is 15.6. The molecule has 146 valence electrons. The number of nitrogens with one attached hydrogen (secondary N) is 1. The first-order valence-corrected chi connectivity index (χ1v) is 9.68. The smallest absolute Gasteiger partial charge is 0.213 e. The van der Waals surface area contributed by atoms with Crippen molar-refractivity contribution in [2.45, 2.75) is 19.4 Å². The number of nitrogens with two attached hydrogens (primary N) is 1. The molecule has 1 fully saturated rings. The van der Waals surface area contributed by atoms with Crippen LogP contribution in [0, 0.1) is 5.92 Å². The van der Waals surface area contributed by atoms with E-state index in [0.717, 1.165) is 36.3 Å². The highest BCUT2D eigenvalue weighted by atomic mass is 16.5. The number of hydrogen-bond acceptors (Lipinski definition) is 7. The lowest BCUT2D eigenvalue weighted by molar-refractivity contribution is 0.157. The molecule has 7 heteroatoms. The van der Waals surface area contributed by atoms with Crippen molar-refractivity contribution in [3.63, 3.8) is 0 Å². The molecule has 0 bridgehead atoms. The highest BCUT2D eigenvalue weighted by Gasteiger charge is 2.17. The molecule has 0 unspecified atom stereocenters. The van der Waals surface area contributed by atoms with Crippen LogP contribution in [-0.2, 0) is 6.54 Å². The Hall–Kier alpha value is -2.93. The number of anilines is 2. The van der Waals surface area contributed by atoms with Gasteiger partial charge in [-0.1, -0.05) is 0 Å². The Balaban J connectivity index is 1.38. The zero-order chi connectivity index (χ0) is 19.3. The maximum Gasteiger partial charge on any atom is 0.213 e. The van der Waals surface area contributed by atoms with E-state index in [9.17, 15) is 0 Å². The molecule has 3 aromatic rings. The summed E-state index contributed by atoms with van der Waals surface area (Å²) in [5.74, 6) is 1.74. The number of fused-ring (bicyclic) bond motifs is 1. The van der Waals surface area contributed by atoms with E-state index in [1.807, 2.05) is 24.3 Å². The van der Waals surface area contributed by atoms with Crippen LogP contribution in [0.4, 0.5) is 11.5 Å². The van der Waals surface area contributed by atoms with Crippen molar-refractivity contribution < 1.29 is 4.74 Å². The summed E-state index contributed by atoms with van der Waals surface area (Å²) in [7, 11) is 2.17. The van der Waals surface area contributed by atoms with Crippen molar-refractivity contribution in [2.24, 2.45) is 5.92 Å². The van der Waals surface area contributed by atoms with Crippen molar-refractivity contribution in [3.05, 3.63) is 48.4 Å². The van der Waals surface area contributed by atoms with Crippen molar-refractivity contribution in [2.75, 3.05) is 37.8 Å². The molecule has 3 aromatic heterocycles. The highest BCUT2D eigenvalue weighted by Crippen LogP contribution is 2.25. The topological polar surface area (TPSA) is 89.2 Å². The minimum Gasteiger partial charge on any atom is -0.477 e. The van der Waals surface area contributed by atoms with E-state index in [4.69, 9.17) is 10.5 Å². The molecule has 1 aliphatic rings. The summed E-state index contributed by atoms with van der Waals surface area (Å²) in [5.41, 5.74) is 8.73. The second-order valence-corrected chi connectivity index (χ2v) is 7.36. The number of aromatic nitrogens is 3. The van der Waals surface area contributed by atoms with Gasteiger partial charge in [0.15, 0.2) is 0 Å². The van der Waals surface area contributed by atoms with Gasteiger partial charge in [0.1, 0.15) is 11.3 Å². The summed E-state index contributed by atoms with van der Waals surface area (Å²) in [4.78, 5) is 15.2. The monoisotopic (exact) mass is 378 g/mol. The summed E-state index contributed by atoms with van der Waals surface area (Å²) in [6.07, 6.45) is 7.61. The molecular formula is C21H26N6O. The number of hydrogen-bond donors (Lipinski definition) is 2. The van der Waals surface area contributed by atoms with Crippen molar-refractivity contribution in [1.29, 1.82) is 0 Å². The van der Waals surface area contributed by atoms with E-state index >= 15 is 0 Å². The van der Waals surface area contributed by atoms with Crippen LogP contribution in [0.15, 0.2) is 42.9 Å². The lowest BCUT2D eigenvalue weighted by atomic mass is 9.98. The third-order valence-electron chi connectivity index (χ3n) is 5.27. The van der Waals surface area contributed by atoms with Gasteiger partial charge in [-0.3, -0.25) is 4.98 Å². The molecule has 1 saturated heterocycles. The molecule has 0 spiro atoms. The van der Waals surface area contributed by atoms with Crippen LogP contribution in [0.3, 0.4) is 0 Å². The van der Waals surface area contributed by atoms with Gasteiger partial charge < -0.3 is 20.7 Å². The number of pyridine rings is 3. The Bertz CT molecular complexity index is 939. The Morgan fingerprint density at radius 3 is 2.75 bits per heavy atom. The molecule has 28 heavy (non-hydrogen) atoms. The lowest BCUT2D eigenvalue weighted by Crippen LogP contribution is -2.32. The lowest BCUT2D eigenvalue weighted by Gasteiger charge is -2.28. The predicted molar refractivity (Wildman–Crippen MR) is 111 cm³/mol. The fourth-order valence-corrected chi connectivity index (χ4v) is 3.52. The highest BCUT2D eigenvalue weighted by molar-refractivity contribution is 5.96. The first-order chi connectivity index (χ1) is 13.7. The summed E-state index contributed by atoms with van der Waals surface area (Å²) < 4.78 is 5.97. The summed E-state index contributed by atoms with van der Waals surface area (Å²) in [5, 5.41) is 4.42. The molecule has 4 rings (SSSR count). The van der Waals surface area contributed by atoms with E-state index in [1.54, 1.807) is 18.6 Å². The van der Waals surface area contributed by atoms with Crippen LogP contribution in [0.2, 0.25) is 0 Å². The number of nitrogen functional groups attached to an aromatic ring is 1. The van der Waals surface area contributed by atoms with Crippen LogP contribution >= 0.6 is 0 Å². The van der Waals surface area contributed by atoms with Crippen LogP contribution in [-0.4, -0.2) is 46.6 Å². The van der Waals surface area contributed by atoms with Gasteiger partial charge in [0.05, 0.1) is 6.61 Å². The standard InChI is InChI=1S/C21H26N6O/c1-27-10-5-15(6-11-27)14-28-19-12-16(2-7-23-19)13-26-18-4-9-24-20-17(18)3-8-25-21(20)22/h2-4,7-9,12,15H,5-6,10-11,13-14H2,1H3,(H2,22,25)(H,24,26). The maximum atomic E-state index is 5.97. The van der Waals surface area contributed by atoms with Gasteiger partial charge in [0, 0.05) is 42.3 Å². The minimum atomic E-state index is 0.439. The number of ether oxygens (including phenoxy) is 1. The van der Waals surface area contributed by atoms with Crippen LogP contribution in [0.25, 0.3) is 10.9 Å². The molecule has 0 radical (unpaired) electrons. The molecule has 0 amide bonds. The molecule has 0 saturated carbocycles. The maximum absolute atomic E-state index is 5.97. The van der Waals surface area contributed by atoms with Crippen LogP contribution < -0.4 is 15.8 Å². The first-order valence-electron chi connectivity index (χ1n) is 9.68. The van der Waals surface area contributed by atoms with Gasteiger partial charge >= 0.3 is 0 Å². The second-order valence-electron chi connectivity index (χ2n) is 7.36. The Labute approximate surface area is 165 Å². The fraction of sp³-hybridized carbons (Fsp3) is 0.381. The van der Waals surface area contributed by atoms with Crippen molar-refractivity contribution in [1.82, 2.24) is 19.9 Å². The molecule has 0 aliphatic carbocycles. The third-order valence-corrected chi connectivity index (χ3v) is 5.27. The number of likely N-dealkylation sites (tertiary alicyclic amines) is 1. The van der Waals surface area contributed by atoms with E-state index in [-0.39, 0.29) is 0 Å². The number of nitrogens with zero attached hydrogens (tertiary/aromatic N) is 4. The van der Waals surface area contributed by atoms with E-state index in [1.165, 1.54) is 12.8 Å². The van der Waals surface area contributed by atoms with Gasteiger partial charge in [-0.2, -0.15) is 0 Å². The predicted octanol–water partition coefficient (Wildman–Crippen LogP) is 2.94. The summed E-state index contributed by atoms with van der Waals surface area (Å²) in [6.45, 7) is 3.68. The molecule has 1 aliphatic heterocycles. The second kappa shape index (κ2) is 8.39. The van der Waals surface area contributed by atoms with Crippen molar-refractivity contribution in [3.8, 4) is 5.88 Å². The Morgan fingerprint density at radius 1 is 1.11 bits per heavy atom. The minimum absolute atomic E-state index is 0.439. The quantitative estimate of drug-likeness (QED) is 0.682. The van der Waals surface area contributed by atoms with Crippen LogP contribution in [0.1, 0.15) is 18.4 Å². The molecule has 7 nitrogen and oxygen atoms in total. The molecular weight excluding hydrogens is 352 g/mol. The zero-order valence-corrected chi connectivity index (χ0v) is 16.1. The largest absolute Gasteiger partial charge is 0.477 e. The fourth-order valence-electron chi connectivity index (χ4n) is 3.52. The van der Waals surface area contributed by atoms with Crippen molar-refractivity contribution >= 4 is 22.4 Å². The Kier molecular flexibility index (Phi) is 5.53. The number of piperidine rings is 1. The van der Waals surface area contributed by atoms with Gasteiger partial charge in [-0.25, -0.2) is 9.97 Å². The SMILES string of the molecule is CN1CCC(COc2cc(CNc3ccnc4c(N)nccc34)ccn2)CC1. The van der Waals surface area contributed by atoms with E-state index in [0.29, 0.717) is 29.7 Å².